The van der Waals surface area contributed by atoms with Crippen LogP contribution in [-0.4, -0.2) is 144 Å². The summed E-state index contributed by atoms with van der Waals surface area (Å²) in [6.45, 7) is 0. The van der Waals surface area contributed by atoms with Gasteiger partial charge in [0.15, 0.2) is 0 Å². The fourth-order valence-electron chi connectivity index (χ4n) is 0. The Kier molecular flexibility index (Phi) is 77.7. The number of carbonyl (C=O) groups excluding carboxylic acids is 1. The number of carboxylic acid groups (broad SMARTS) is 2. The Labute approximate surface area is 170 Å². The van der Waals surface area contributed by atoms with E-state index in [1.807, 2.05) is 0 Å². The van der Waals surface area contributed by atoms with Crippen LogP contribution in [0.1, 0.15) is 0 Å². The van der Waals surface area contributed by atoms with E-state index in [9.17, 15) is 0 Å². The van der Waals surface area contributed by atoms with Gasteiger partial charge in [0.2, 0.25) is 0 Å². The second kappa shape index (κ2) is 25.0. The van der Waals surface area contributed by atoms with Crippen LogP contribution in [0, 0.1) is 0 Å². The molecule has 72 valence electrons. The predicted octanol–water partition coefficient (Wildman–Crippen LogP) is -9.10. The first-order valence-corrected chi connectivity index (χ1v) is 3.12. The van der Waals surface area contributed by atoms with Crippen molar-refractivity contribution in [3.05, 3.63) is 0 Å². The molecule has 9 nitrogen and oxygen atoms in total. The van der Waals surface area contributed by atoms with Crippen molar-refractivity contribution in [3.8, 4) is 0 Å². The minimum atomic E-state index is -5.36. The molecule has 14 heavy (non-hydrogen) atoms. The predicted molar refractivity (Wildman–Crippen MR) is 36.2 cm³/mol. The minimum absolute atomic E-state index is 0. The first-order chi connectivity index (χ1) is 3.73. The number of hydrogen-bond acceptors (Lipinski definition) is 8. The van der Waals surface area contributed by atoms with Gasteiger partial charge in [-0.2, -0.15) is 0 Å². The summed E-state index contributed by atoms with van der Waals surface area (Å²) in [6.07, 6.45) is -2.33. The van der Waals surface area contributed by atoms with Crippen molar-refractivity contribution < 1.29 is 45.1 Å². The SMILES string of the molecule is O.O=C([O-])[O-].[Ca+2].[Ca+2].[Ca+2].[O-][Si]([O-])([O-])O.[OH-]. The third kappa shape index (κ3) is 323. The van der Waals surface area contributed by atoms with Crippen molar-refractivity contribution in [1.29, 1.82) is 0 Å². The summed E-state index contributed by atoms with van der Waals surface area (Å²) in [5.74, 6) is 0. The Morgan fingerprint density at radius 2 is 1.00 bits per heavy atom. The van der Waals surface area contributed by atoms with Gasteiger partial charge in [-0.15, -0.1) is 9.05 Å². The summed E-state index contributed by atoms with van der Waals surface area (Å²) >= 11 is 0. The fourth-order valence-corrected chi connectivity index (χ4v) is 0. The van der Waals surface area contributed by atoms with Crippen molar-refractivity contribution in [1.82, 2.24) is 0 Å². The number of hydrogen-bond donors (Lipinski definition) is 1. The molecule has 0 aromatic carbocycles. The summed E-state index contributed by atoms with van der Waals surface area (Å²) < 4.78 is 0. The fraction of sp³-hybridized carbons (Fsp3) is 0. The maximum absolute atomic E-state index is 8.69. The number of carbonyl (C=O) groups is 1. The zero-order chi connectivity index (χ0) is 8.08. The Morgan fingerprint density at radius 3 is 1.00 bits per heavy atom. The Morgan fingerprint density at radius 1 is 1.00 bits per heavy atom. The van der Waals surface area contributed by atoms with Crippen LogP contribution < -0.4 is 24.6 Å². The molecule has 0 unspecified atom stereocenters. The molecule has 0 saturated heterocycles. The van der Waals surface area contributed by atoms with Crippen LogP contribution in [0.25, 0.3) is 0 Å². The van der Waals surface area contributed by atoms with E-state index in [0.29, 0.717) is 0 Å². The molecule has 0 fully saturated rings. The molecule has 0 aliphatic heterocycles. The van der Waals surface area contributed by atoms with Crippen LogP contribution in [0.15, 0.2) is 0 Å². The Bertz CT molecular complexity index is 82.5. The van der Waals surface area contributed by atoms with Gasteiger partial charge >= 0.3 is 113 Å². The molecule has 0 spiro atoms. The zero-order valence-electron chi connectivity index (χ0n) is 6.97. The van der Waals surface area contributed by atoms with Gasteiger partial charge in [-0.3, -0.25) is 0 Å². The van der Waals surface area contributed by atoms with E-state index in [1.54, 1.807) is 0 Å². The molecule has 4 N–H and O–H groups in total. The standard InChI is InChI=1S/CH2O3.3Ca.HO4Si.2H2O/c2-1(3)4;;;;1-5(2,3)4;;/h(H2,2,3,4);;;;1H;2*1H2/q;3*+2;-3;;/p-3. The topological polar surface area (TPSA) is 214 Å². The van der Waals surface area contributed by atoms with Crippen LogP contribution in [-0.2, 0) is 0 Å². The molecule has 0 bridgehead atoms. The first-order valence-electron chi connectivity index (χ1n) is 1.45. The second-order valence-electron chi connectivity index (χ2n) is 0.774. The van der Waals surface area contributed by atoms with Gasteiger partial charge in [-0.25, -0.2) is 0 Å². The van der Waals surface area contributed by atoms with E-state index in [2.05, 4.69) is 0 Å². The molecule has 0 aromatic heterocycles. The second-order valence-corrected chi connectivity index (χ2v) is 1.82. The smallest absolute Gasteiger partial charge is 0.870 e. The van der Waals surface area contributed by atoms with Crippen molar-refractivity contribution in [2.24, 2.45) is 0 Å². The van der Waals surface area contributed by atoms with Gasteiger partial charge in [0.05, 0.1) is 0 Å². The van der Waals surface area contributed by atoms with Gasteiger partial charge in [-0.05, 0) is 6.16 Å². The monoisotopic (exact) mass is 308 g/mol. The molecule has 13 heteroatoms. The molecule has 0 radical (unpaired) electrons. The molecular weight excluding hydrogens is 304 g/mol. The van der Waals surface area contributed by atoms with E-state index < -0.39 is 15.2 Å². The molecule has 0 atom stereocenters. The molecule has 0 aromatic rings. The molecule has 0 saturated carbocycles. The van der Waals surface area contributed by atoms with Gasteiger partial charge in [0, 0.05) is 0 Å². The maximum Gasteiger partial charge on any atom is 2.00 e. The van der Waals surface area contributed by atoms with Crippen LogP contribution in [0.2, 0.25) is 0 Å². The quantitative estimate of drug-likeness (QED) is 0.422. The largest absolute Gasteiger partial charge is 2.00 e. The van der Waals surface area contributed by atoms with E-state index >= 15 is 0 Å². The summed E-state index contributed by atoms with van der Waals surface area (Å²) in [7, 11) is -5.36. The zero-order valence-corrected chi connectivity index (χ0v) is 14.6. The van der Waals surface area contributed by atoms with Crippen LogP contribution in [0.5, 0.6) is 0 Å². The van der Waals surface area contributed by atoms with E-state index in [0.717, 1.165) is 0 Å². The Hall–Kier alpha value is 3.03. The van der Waals surface area contributed by atoms with E-state index in [-0.39, 0.29) is 124 Å². The molecular formula is CH4Ca3O9Si. The van der Waals surface area contributed by atoms with Gasteiger partial charge in [-0.1, -0.05) is 0 Å². The molecule has 0 amide bonds. The van der Waals surface area contributed by atoms with Crippen molar-refractivity contribution in [2.75, 3.05) is 0 Å². The van der Waals surface area contributed by atoms with Crippen LogP contribution >= 0.6 is 0 Å². The minimum Gasteiger partial charge on any atom is -0.870 e. The third-order valence-corrected chi connectivity index (χ3v) is 0. The first kappa shape index (κ1) is 43.5. The van der Waals surface area contributed by atoms with Crippen molar-refractivity contribution in [2.45, 2.75) is 0 Å². The van der Waals surface area contributed by atoms with Crippen LogP contribution in [0.4, 0.5) is 4.79 Å². The van der Waals surface area contributed by atoms with E-state index in [4.69, 9.17) is 34.2 Å². The molecule has 0 aliphatic rings. The number of rotatable bonds is 0. The summed E-state index contributed by atoms with van der Waals surface area (Å²) in [4.78, 5) is 41.4. The van der Waals surface area contributed by atoms with Gasteiger partial charge in [0.1, 0.15) is 0 Å². The molecule has 0 heterocycles. The maximum atomic E-state index is 8.69. The third-order valence-electron chi connectivity index (χ3n) is 0. The Balaban J connectivity index is -0.0000000104. The summed E-state index contributed by atoms with van der Waals surface area (Å²) in [5.41, 5.74) is 0. The van der Waals surface area contributed by atoms with Crippen LogP contribution in [0.3, 0.4) is 0 Å². The van der Waals surface area contributed by atoms with E-state index in [1.165, 1.54) is 0 Å². The normalized spacial score (nSPS) is 6.00. The molecule has 0 rings (SSSR count). The van der Waals surface area contributed by atoms with Crippen molar-refractivity contribution in [3.63, 3.8) is 0 Å². The van der Waals surface area contributed by atoms with Gasteiger partial charge < -0.3 is 45.1 Å². The average molecular weight is 308 g/mol. The summed E-state index contributed by atoms with van der Waals surface area (Å²) in [5, 5.41) is 16.7. The van der Waals surface area contributed by atoms with Crippen molar-refractivity contribution >= 4 is 128 Å². The average Bonchev–Trinajstić information content (AvgIpc) is 1.19. The summed E-state index contributed by atoms with van der Waals surface area (Å²) in [6, 6.07) is 0. The van der Waals surface area contributed by atoms with Gasteiger partial charge in [0.25, 0.3) is 0 Å². The molecule has 0 aliphatic carbocycles.